The van der Waals surface area contributed by atoms with Crippen LogP contribution < -0.4 is 16.0 Å². The van der Waals surface area contributed by atoms with Crippen LogP contribution in [0.25, 0.3) is 0 Å². The van der Waals surface area contributed by atoms with E-state index < -0.39 is 0 Å². The first-order valence-corrected chi connectivity index (χ1v) is 4.77. The molecule has 0 aromatic heterocycles. The van der Waals surface area contributed by atoms with Crippen molar-refractivity contribution in [2.45, 2.75) is 31.5 Å². The van der Waals surface area contributed by atoms with Crippen molar-refractivity contribution in [2.75, 3.05) is 27.7 Å². The predicted octanol–water partition coefficient (Wildman–Crippen LogP) is -0.498. The Morgan fingerprint density at radius 2 is 1.77 bits per heavy atom. The molecule has 1 atom stereocenters. The lowest BCUT2D eigenvalue weighted by atomic mass is 10.0. The average Bonchev–Trinajstić information content (AvgIpc) is 2.19. The van der Waals surface area contributed by atoms with E-state index in [0.717, 1.165) is 12.8 Å². The number of aliphatic hydroxyl groups is 1. The van der Waals surface area contributed by atoms with Crippen LogP contribution in [-0.2, 0) is 0 Å². The van der Waals surface area contributed by atoms with Crippen molar-refractivity contribution in [3.8, 4) is 0 Å². The Balaban J connectivity index is 3.83. The highest BCUT2D eigenvalue weighted by atomic mass is 16.3. The Morgan fingerprint density at radius 3 is 2.08 bits per heavy atom. The minimum Gasteiger partial charge on any atom is -0.395 e. The fourth-order valence-electron chi connectivity index (χ4n) is 1.16. The third-order valence-corrected chi connectivity index (χ3v) is 2.72. The van der Waals surface area contributed by atoms with Crippen LogP contribution in [0.3, 0.4) is 0 Å². The first kappa shape index (κ1) is 12.8. The van der Waals surface area contributed by atoms with Gasteiger partial charge in [0.15, 0.2) is 0 Å². The second-order valence-corrected chi connectivity index (χ2v) is 3.54. The second kappa shape index (κ2) is 6.32. The minimum atomic E-state index is -0.0374. The zero-order chi connectivity index (χ0) is 10.3. The average molecular weight is 189 g/mol. The standard InChI is InChI=1S/C9H23N3O/c1-9(11-3,12-4)6-5-8(7-13)10-2/h8,10-13H,5-7H2,1-4H3. The van der Waals surface area contributed by atoms with Gasteiger partial charge in [-0.15, -0.1) is 0 Å². The van der Waals surface area contributed by atoms with E-state index in [0.29, 0.717) is 0 Å². The third kappa shape index (κ3) is 4.57. The Hall–Kier alpha value is -0.160. The van der Waals surface area contributed by atoms with Gasteiger partial charge in [-0.1, -0.05) is 0 Å². The van der Waals surface area contributed by atoms with E-state index >= 15 is 0 Å². The van der Waals surface area contributed by atoms with Gasteiger partial charge in [0.25, 0.3) is 0 Å². The number of hydrogen-bond acceptors (Lipinski definition) is 4. The molecule has 80 valence electrons. The molecule has 13 heavy (non-hydrogen) atoms. The van der Waals surface area contributed by atoms with E-state index in [-0.39, 0.29) is 18.3 Å². The van der Waals surface area contributed by atoms with Gasteiger partial charge in [0.1, 0.15) is 0 Å². The predicted molar refractivity (Wildman–Crippen MR) is 55.7 cm³/mol. The van der Waals surface area contributed by atoms with Gasteiger partial charge in [-0.05, 0) is 40.9 Å². The van der Waals surface area contributed by atoms with E-state index in [1.165, 1.54) is 0 Å². The van der Waals surface area contributed by atoms with Crippen molar-refractivity contribution in [1.82, 2.24) is 16.0 Å². The first-order chi connectivity index (χ1) is 6.11. The van der Waals surface area contributed by atoms with Crippen molar-refractivity contribution in [2.24, 2.45) is 0 Å². The van der Waals surface area contributed by atoms with E-state index in [9.17, 15) is 0 Å². The van der Waals surface area contributed by atoms with Gasteiger partial charge in [-0.2, -0.15) is 0 Å². The lowest BCUT2D eigenvalue weighted by Gasteiger charge is -2.30. The first-order valence-electron chi connectivity index (χ1n) is 4.77. The van der Waals surface area contributed by atoms with Crippen LogP contribution in [0.5, 0.6) is 0 Å². The van der Waals surface area contributed by atoms with E-state index in [2.05, 4.69) is 22.9 Å². The summed E-state index contributed by atoms with van der Waals surface area (Å²) in [5, 5.41) is 18.5. The van der Waals surface area contributed by atoms with Gasteiger partial charge in [-0.3, -0.25) is 0 Å². The van der Waals surface area contributed by atoms with Crippen LogP contribution in [0.1, 0.15) is 19.8 Å². The maximum absolute atomic E-state index is 8.96. The summed E-state index contributed by atoms with van der Waals surface area (Å²) < 4.78 is 0. The Kier molecular flexibility index (Phi) is 6.24. The molecular formula is C9H23N3O. The van der Waals surface area contributed by atoms with Gasteiger partial charge in [0.2, 0.25) is 0 Å². The molecule has 0 fully saturated rings. The number of nitrogens with one attached hydrogen (secondary N) is 3. The van der Waals surface area contributed by atoms with Crippen molar-refractivity contribution < 1.29 is 5.11 Å². The highest BCUT2D eigenvalue weighted by Crippen LogP contribution is 2.09. The van der Waals surface area contributed by atoms with Gasteiger partial charge in [0.05, 0.1) is 12.3 Å². The molecule has 0 rings (SSSR count). The number of likely N-dealkylation sites (N-methyl/N-ethyl adjacent to an activating group) is 1. The fourth-order valence-corrected chi connectivity index (χ4v) is 1.16. The molecule has 0 aliphatic carbocycles. The lowest BCUT2D eigenvalue weighted by Crippen LogP contribution is -2.52. The van der Waals surface area contributed by atoms with Crippen molar-refractivity contribution >= 4 is 0 Å². The summed E-state index contributed by atoms with van der Waals surface area (Å²) in [7, 11) is 5.74. The van der Waals surface area contributed by atoms with Crippen LogP contribution in [0.4, 0.5) is 0 Å². The van der Waals surface area contributed by atoms with Crippen molar-refractivity contribution in [1.29, 1.82) is 0 Å². The summed E-state index contributed by atoms with van der Waals surface area (Å²) in [6.07, 6.45) is 1.93. The van der Waals surface area contributed by atoms with Crippen LogP contribution in [0, 0.1) is 0 Å². The molecule has 0 saturated carbocycles. The molecular weight excluding hydrogens is 166 g/mol. The molecule has 0 heterocycles. The summed E-state index contributed by atoms with van der Waals surface area (Å²) in [4.78, 5) is 0. The summed E-state index contributed by atoms with van der Waals surface area (Å²) >= 11 is 0. The molecule has 0 saturated heterocycles. The molecule has 0 aromatic rings. The molecule has 0 amide bonds. The summed E-state index contributed by atoms with van der Waals surface area (Å²) in [6.45, 7) is 2.30. The molecule has 0 aliphatic heterocycles. The zero-order valence-electron chi connectivity index (χ0n) is 9.15. The van der Waals surface area contributed by atoms with Crippen LogP contribution in [0.2, 0.25) is 0 Å². The highest BCUT2D eigenvalue weighted by Gasteiger charge is 2.20. The van der Waals surface area contributed by atoms with E-state index in [1.54, 1.807) is 0 Å². The Bertz CT molecular complexity index is 122. The molecule has 0 aliphatic rings. The monoisotopic (exact) mass is 189 g/mol. The lowest BCUT2D eigenvalue weighted by molar-refractivity contribution is 0.217. The molecule has 0 radical (unpaired) electrons. The summed E-state index contributed by atoms with van der Waals surface area (Å²) in [6, 6.07) is 0.195. The minimum absolute atomic E-state index is 0.0374. The molecule has 4 N–H and O–H groups in total. The Labute approximate surface area is 81.1 Å². The van der Waals surface area contributed by atoms with Gasteiger partial charge in [0, 0.05) is 6.04 Å². The van der Waals surface area contributed by atoms with Crippen LogP contribution in [-0.4, -0.2) is 44.6 Å². The molecule has 0 bridgehead atoms. The van der Waals surface area contributed by atoms with Crippen molar-refractivity contribution in [3.63, 3.8) is 0 Å². The van der Waals surface area contributed by atoms with Gasteiger partial charge >= 0.3 is 0 Å². The molecule has 1 unspecified atom stereocenters. The summed E-state index contributed by atoms with van der Waals surface area (Å²) in [5.41, 5.74) is -0.0374. The zero-order valence-corrected chi connectivity index (χ0v) is 9.15. The maximum Gasteiger partial charge on any atom is 0.0653 e. The molecule has 4 heteroatoms. The number of hydrogen-bond donors (Lipinski definition) is 4. The molecule has 4 nitrogen and oxygen atoms in total. The molecule has 0 aromatic carbocycles. The number of aliphatic hydroxyl groups excluding tert-OH is 1. The largest absolute Gasteiger partial charge is 0.395 e. The quantitative estimate of drug-likeness (QED) is 0.408. The Morgan fingerprint density at radius 1 is 1.23 bits per heavy atom. The second-order valence-electron chi connectivity index (χ2n) is 3.54. The fraction of sp³-hybridized carbons (Fsp3) is 1.00. The highest BCUT2D eigenvalue weighted by molar-refractivity contribution is 4.79. The van der Waals surface area contributed by atoms with E-state index in [1.807, 2.05) is 21.1 Å². The third-order valence-electron chi connectivity index (χ3n) is 2.72. The van der Waals surface area contributed by atoms with Gasteiger partial charge in [-0.25, -0.2) is 0 Å². The van der Waals surface area contributed by atoms with Crippen LogP contribution >= 0.6 is 0 Å². The van der Waals surface area contributed by atoms with Crippen molar-refractivity contribution in [3.05, 3.63) is 0 Å². The topological polar surface area (TPSA) is 56.3 Å². The van der Waals surface area contributed by atoms with E-state index in [4.69, 9.17) is 5.11 Å². The smallest absolute Gasteiger partial charge is 0.0653 e. The normalized spacial score (nSPS) is 14.5. The SMILES string of the molecule is CNC(CO)CCC(C)(NC)NC. The van der Waals surface area contributed by atoms with Gasteiger partial charge < -0.3 is 21.1 Å². The van der Waals surface area contributed by atoms with Crippen LogP contribution in [0.15, 0.2) is 0 Å². The molecule has 0 spiro atoms. The maximum atomic E-state index is 8.96. The number of rotatable bonds is 7. The summed E-state index contributed by atoms with van der Waals surface area (Å²) in [5.74, 6) is 0.